The Hall–Kier alpha value is -0.430. The zero-order valence-corrected chi connectivity index (χ0v) is 11.9. The minimum absolute atomic E-state index is 0.220. The summed E-state index contributed by atoms with van der Waals surface area (Å²) in [5, 5.41) is 3.31. The van der Waals surface area contributed by atoms with Crippen molar-refractivity contribution in [2.45, 2.75) is 22.9 Å². The second-order valence-corrected chi connectivity index (χ2v) is 6.58. The summed E-state index contributed by atoms with van der Waals surface area (Å²) in [4.78, 5) is 0. The lowest BCUT2D eigenvalue weighted by Crippen LogP contribution is -2.59. The molecule has 0 atom stereocenters. The third kappa shape index (κ3) is 2.47. The van der Waals surface area contributed by atoms with E-state index in [4.69, 9.17) is 0 Å². The molecule has 0 aromatic heterocycles. The highest BCUT2D eigenvalue weighted by Crippen LogP contribution is 2.53. The van der Waals surface area contributed by atoms with Crippen LogP contribution in [0.15, 0.2) is 24.3 Å². The van der Waals surface area contributed by atoms with Gasteiger partial charge in [0.15, 0.2) is 0 Å². The Morgan fingerprint density at radius 1 is 1.22 bits per heavy atom. The first-order chi connectivity index (χ1) is 8.46. The number of hydrogen-bond acceptors (Lipinski definition) is 2. The minimum atomic E-state index is -3.14. The van der Waals surface area contributed by atoms with Crippen LogP contribution < -0.4 is 10.1 Å². The average Bonchev–Trinajstić information content (AvgIpc) is 2.13. The molecule has 1 saturated heterocycles. The predicted molar refractivity (Wildman–Crippen MR) is 73.3 cm³/mol. The normalized spacial score (nSPS) is 22.4. The number of benzene rings is 1. The lowest BCUT2D eigenvalue weighted by molar-refractivity contribution is -0.0691. The van der Waals surface area contributed by atoms with Crippen molar-refractivity contribution >= 4 is 22.6 Å². The van der Waals surface area contributed by atoms with Gasteiger partial charge in [0.25, 0.3) is 0 Å². The standard InChI is InChI=1S/C13H14F2INO/c14-13(15,16)18-11-3-1-9(2-4-11)10-5-12(6-10)7-17-8-12/h1-4,10,17H,5-8H2. The van der Waals surface area contributed by atoms with Crippen LogP contribution in [0.1, 0.15) is 24.3 Å². The van der Waals surface area contributed by atoms with E-state index >= 15 is 0 Å². The molecule has 1 heterocycles. The van der Waals surface area contributed by atoms with Gasteiger partial charge < -0.3 is 10.1 Å². The van der Waals surface area contributed by atoms with Crippen LogP contribution in [0.25, 0.3) is 0 Å². The quantitative estimate of drug-likeness (QED) is 0.654. The van der Waals surface area contributed by atoms with Gasteiger partial charge in [0.2, 0.25) is 0 Å². The van der Waals surface area contributed by atoms with Gasteiger partial charge in [-0.15, -0.1) is 0 Å². The van der Waals surface area contributed by atoms with Gasteiger partial charge in [-0.25, -0.2) is 0 Å². The van der Waals surface area contributed by atoms with E-state index < -0.39 is 4.12 Å². The molecule has 2 nitrogen and oxygen atoms in total. The minimum Gasteiger partial charge on any atom is -0.425 e. The number of ether oxygens (including phenoxy) is 1. The number of rotatable bonds is 3. The fourth-order valence-corrected chi connectivity index (χ4v) is 3.18. The van der Waals surface area contributed by atoms with Crippen LogP contribution in [0.4, 0.5) is 8.78 Å². The maximum atomic E-state index is 12.7. The lowest BCUT2D eigenvalue weighted by Gasteiger charge is -2.54. The number of hydrogen-bond donors (Lipinski definition) is 1. The van der Waals surface area contributed by atoms with Crippen LogP contribution in [0, 0.1) is 5.41 Å². The molecule has 1 aliphatic carbocycles. The van der Waals surface area contributed by atoms with Gasteiger partial charge in [-0.05, 0) is 41.9 Å². The van der Waals surface area contributed by atoms with E-state index in [0.717, 1.165) is 35.7 Å². The van der Waals surface area contributed by atoms with Gasteiger partial charge >= 0.3 is 4.12 Å². The van der Waals surface area contributed by atoms with E-state index in [9.17, 15) is 8.78 Å². The highest BCUT2D eigenvalue weighted by atomic mass is 127. The number of alkyl halides is 3. The Kier molecular flexibility index (Phi) is 3.01. The highest BCUT2D eigenvalue weighted by Gasteiger charge is 2.48. The van der Waals surface area contributed by atoms with Crippen LogP contribution in [-0.4, -0.2) is 17.2 Å². The monoisotopic (exact) mass is 365 g/mol. The van der Waals surface area contributed by atoms with Crippen molar-refractivity contribution in [1.82, 2.24) is 5.32 Å². The van der Waals surface area contributed by atoms with Crippen molar-refractivity contribution < 1.29 is 13.5 Å². The first kappa shape index (κ1) is 12.6. The number of halogens is 3. The molecule has 1 spiro atoms. The van der Waals surface area contributed by atoms with Crippen molar-refractivity contribution in [2.75, 3.05) is 13.1 Å². The maximum Gasteiger partial charge on any atom is 0.451 e. The molecule has 2 aliphatic rings. The van der Waals surface area contributed by atoms with E-state index in [1.807, 2.05) is 12.1 Å². The van der Waals surface area contributed by atoms with Crippen molar-refractivity contribution in [3.8, 4) is 5.75 Å². The molecule has 98 valence electrons. The van der Waals surface area contributed by atoms with Crippen molar-refractivity contribution in [2.24, 2.45) is 5.41 Å². The zero-order chi connectivity index (χ0) is 12.8. The molecule has 1 N–H and O–H groups in total. The first-order valence-corrected chi connectivity index (χ1v) is 7.10. The largest absolute Gasteiger partial charge is 0.451 e. The summed E-state index contributed by atoms with van der Waals surface area (Å²) in [6.07, 6.45) is 2.42. The lowest BCUT2D eigenvalue weighted by atomic mass is 9.57. The molecule has 1 saturated carbocycles. The molecule has 0 unspecified atom stereocenters. The predicted octanol–water partition coefficient (Wildman–Crippen LogP) is 3.52. The summed E-state index contributed by atoms with van der Waals surface area (Å²) in [6, 6.07) is 7.07. The molecule has 0 bridgehead atoms. The second kappa shape index (κ2) is 4.30. The molecule has 3 rings (SSSR count). The van der Waals surface area contributed by atoms with Gasteiger partial charge in [-0.2, -0.15) is 8.78 Å². The van der Waals surface area contributed by atoms with Crippen molar-refractivity contribution in [1.29, 1.82) is 0 Å². The molecule has 1 aromatic rings. The summed E-state index contributed by atoms with van der Waals surface area (Å²) in [5.41, 5.74) is 1.77. The zero-order valence-electron chi connectivity index (χ0n) is 9.76. The van der Waals surface area contributed by atoms with Gasteiger partial charge in [0.05, 0.1) is 22.6 Å². The van der Waals surface area contributed by atoms with Gasteiger partial charge in [-0.1, -0.05) is 12.1 Å². The fraction of sp³-hybridized carbons (Fsp3) is 0.538. The molecule has 0 amide bonds. The SMILES string of the molecule is FC(F)(I)Oc1ccc(C2CC3(CNC3)C2)cc1. The molecule has 2 fully saturated rings. The average molecular weight is 365 g/mol. The maximum absolute atomic E-state index is 12.7. The summed E-state index contributed by atoms with van der Waals surface area (Å²) in [6.45, 7) is 2.26. The molecule has 1 aliphatic heterocycles. The van der Waals surface area contributed by atoms with Crippen LogP contribution in [0.3, 0.4) is 0 Å². The molecule has 0 radical (unpaired) electrons. The number of nitrogens with one attached hydrogen (secondary N) is 1. The Morgan fingerprint density at radius 3 is 2.28 bits per heavy atom. The summed E-state index contributed by atoms with van der Waals surface area (Å²) in [7, 11) is 0. The van der Waals surface area contributed by atoms with Gasteiger partial charge in [0.1, 0.15) is 5.75 Å². The Labute approximate surface area is 118 Å². The summed E-state index contributed by atoms with van der Waals surface area (Å²) >= 11 is 0.975. The van der Waals surface area contributed by atoms with E-state index in [2.05, 4.69) is 10.1 Å². The molecule has 5 heteroatoms. The second-order valence-electron chi connectivity index (χ2n) is 5.33. The molecule has 18 heavy (non-hydrogen) atoms. The van der Waals surface area contributed by atoms with E-state index in [0.29, 0.717) is 11.3 Å². The highest BCUT2D eigenvalue weighted by molar-refractivity contribution is 14.1. The first-order valence-electron chi connectivity index (χ1n) is 6.02. The van der Waals surface area contributed by atoms with E-state index in [1.165, 1.54) is 18.4 Å². The van der Waals surface area contributed by atoms with E-state index in [1.54, 1.807) is 12.1 Å². The van der Waals surface area contributed by atoms with Crippen LogP contribution in [0.2, 0.25) is 0 Å². The Morgan fingerprint density at radius 2 is 1.83 bits per heavy atom. The Balaban J connectivity index is 1.62. The molecular formula is C13H14F2INO. The fourth-order valence-electron chi connectivity index (χ4n) is 2.93. The molecular weight excluding hydrogens is 351 g/mol. The summed E-state index contributed by atoms with van der Waals surface area (Å²) < 4.78 is 26.7. The summed E-state index contributed by atoms with van der Waals surface area (Å²) in [5.74, 6) is 0.804. The van der Waals surface area contributed by atoms with E-state index in [-0.39, 0.29) is 5.75 Å². The Bertz CT molecular complexity index is 431. The smallest absolute Gasteiger partial charge is 0.425 e. The van der Waals surface area contributed by atoms with Crippen LogP contribution in [0.5, 0.6) is 5.75 Å². The van der Waals surface area contributed by atoms with Crippen molar-refractivity contribution in [3.05, 3.63) is 29.8 Å². The van der Waals surface area contributed by atoms with Crippen molar-refractivity contribution in [3.63, 3.8) is 0 Å². The van der Waals surface area contributed by atoms with Gasteiger partial charge in [0, 0.05) is 13.1 Å². The van der Waals surface area contributed by atoms with Crippen LogP contribution >= 0.6 is 22.6 Å². The topological polar surface area (TPSA) is 21.3 Å². The third-order valence-electron chi connectivity index (χ3n) is 3.94. The molecule has 1 aromatic carbocycles. The van der Waals surface area contributed by atoms with Crippen LogP contribution in [-0.2, 0) is 0 Å². The third-order valence-corrected chi connectivity index (χ3v) is 4.16. The van der Waals surface area contributed by atoms with Gasteiger partial charge in [-0.3, -0.25) is 0 Å².